The summed E-state index contributed by atoms with van der Waals surface area (Å²) >= 11 is 0. The lowest BCUT2D eigenvalue weighted by Gasteiger charge is -2.45. The Balaban J connectivity index is 1.65. The zero-order valence-electron chi connectivity index (χ0n) is 17.3. The van der Waals surface area contributed by atoms with Crippen molar-refractivity contribution in [3.63, 3.8) is 0 Å². The van der Waals surface area contributed by atoms with Crippen LogP contribution in [0.1, 0.15) is 41.5 Å². The monoisotopic (exact) mass is 412 g/mol. The van der Waals surface area contributed by atoms with Crippen molar-refractivity contribution in [2.24, 2.45) is 0 Å². The Morgan fingerprint density at radius 1 is 1.10 bits per heavy atom. The zero-order valence-corrected chi connectivity index (χ0v) is 18.1. The molecule has 2 aromatic carbocycles. The summed E-state index contributed by atoms with van der Waals surface area (Å²) in [6.07, 6.45) is 3.39. The smallest absolute Gasteiger partial charge is 0.242 e. The largest absolute Gasteiger partial charge is 0.337 e. The Labute approximate surface area is 173 Å². The topological polar surface area (TPSA) is 57.7 Å². The number of nitrogens with zero attached hydrogens (tertiary/aromatic N) is 2. The number of fused-ring (bicyclic) bond motifs is 1. The molecule has 0 saturated heterocycles. The molecule has 2 aromatic rings. The molecule has 6 heteroatoms. The van der Waals surface area contributed by atoms with Gasteiger partial charge in [0.2, 0.25) is 15.9 Å². The maximum Gasteiger partial charge on any atom is 0.242 e. The predicted octanol–water partition coefficient (Wildman–Crippen LogP) is 3.25. The number of rotatable bonds is 4. The Morgan fingerprint density at radius 3 is 2.45 bits per heavy atom. The minimum Gasteiger partial charge on any atom is -0.337 e. The van der Waals surface area contributed by atoms with Crippen LogP contribution in [0.3, 0.4) is 0 Å². The fourth-order valence-corrected chi connectivity index (χ4v) is 5.78. The first-order chi connectivity index (χ1) is 13.8. The van der Waals surface area contributed by atoms with Gasteiger partial charge in [0.25, 0.3) is 0 Å². The second-order valence-corrected chi connectivity index (χ2v) is 10.6. The number of benzene rings is 2. The van der Waals surface area contributed by atoms with Crippen LogP contribution in [0.4, 0.5) is 0 Å². The van der Waals surface area contributed by atoms with E-state index in [1.165, 1.54) is 9.87 Å². The van der Waals surface area contributed by atoms with Crippen LogP contribution >= 0.6 is 0 Å². The summed E-state index contributed by atoms with van der Waals surface area (Å²) in [5.41, 5.74) is 3.65. The molecule has 1 heterocycles. The molecule has 1 aliphatic carbocycles. The van der Waals surface area contributed by atoms with Gasteiger partial charge in [-0.3, -0.25) is 4.79 Å². The molecule has 1 saturated carbocycles. The van der Waals surface area contributed by atoms with Crippen LogP contribution in [-0.4, -0.2) is 44.2 Å². The Kier molecular flexibility index (Phi) is 5.03. The van der Waals surface area contributed by atoms with Gasteiger partial charge in [0.05, 0.1) is 10.3 Å². The molecule has 1 fully saturated rings. The van der Waals surface area contributed by atoms with E-state index in [9.17, 15) is 13.2 Å². The number of hydrogen-bond acceptors (Lipinski definition) is 3. The minimum atomic E-state index is -3.50. The second kappa shape index (κ2) is 7.26. The molecule has 4 rings (SSSR count). The van der Waals surface area contributed by atoms with Crippen LogP contribution in [0.2, 0.25) is 0 Å². The molecule has 2 aliphatic rings. The third-order valence-electron chi connectivity index (χ3n) is 6.46. The first-order valence-electron chi connectivity index (χ1n) is 10.2. The second-order valence-electron chi connectivity index (χ2n) is 8.46. The molecular formula is C23H28N2O3S. The number of carbonyl (C=O) groups excluding carboxylic acids is 1. The number of hydrogen-bond donors (Lipinski definition) is 0. The first kappa shape index (κ1) is 20.1. The molecule has 0 N–H and O–H groups in total. The van der Waals surface area contributed by atoms with E-state index in [2.05, 4.69) is 25.1 Å². The van der Waals surface area contributed by atoms with Gasteiger partial charge in [-0.15, -0.1) is 0 Å². The summed E-state index contributed by atoms with van der Waals surface area (Å²) in [6, 6.07) is 13.7. The number of sulfonamides is 1. The Bertz CT molecular complexity index is 1060. The highest BCUT2D eigenvalue weighted by Crippen LogP contribution is 2.46. The van der Waals surface area contributed by atoms with Gasteiger partial charge in [-0.1, -0.05) is 48.4 Å². The average molecular weight is 413 g/mol. The van der Waals surface area contributed by atoms with Crippen molar-refractivity contribution >= 4 is 15.9 Å². The van der Waals surface area contributed by atoms with E-state index < -0.39 is 15.4 Å². The fourth-order valence-electron chi connectivity index (χ4n) is 4.59. The van der Waals surface area contributed by atoms with Gasteiger partial charge in [0.15, 0.2) is 0 Å². The Hall–Kier alpha value is -2.18. The van der Waals surface area contributed by atoms with Gasteiger partial charge < -0.3 is 4.90 Å². The molecule has 1 aliphatic heterocycles. The van der Waals surface area contributed by atoms with E-state index in [4.69, 9.17) is 0 Å². The van der Waals surface area contributed by atoms with Crippen molar-refractivity contribution in [1.82, 2.24) is 9.21 Å². The molecule has 1 amide bonds. The van der Waals surface area contributed by atoms with Crippen molar-refractivity contribution < 1.29 is 13.2 Å². The maximum atomic E-state index is 13.6. The third kappa shape index (κ3) is 3.28. The van der Waals surface area contributed by atoms with E-state index in [0.717, 1.165) is 36.0 Å². The predicted molar refractivity (Wildman–Crippen MR) is 113 cm³/mol. The van der Waals surface area contributed by atoms with Gasteiger partial charge in [0.1, 0.15) is 0 Å². The van der Waals surface area contributed by atoms with Crippen LogP contribution in [0.25, 0.3) is 0 Å². The van der Waals surface area contributed by atoms with Crippen LogP contribution in [0.5, 0.6) is 0 Å². The highest BCUT2D eigenvalue weighted by Gasteiger charge is 2.48. The fraction of sp³-hybridized carbons (Fsp3) is 0.435. The summed E-state index contributed by atoms with van der Waals surface area (Å²) in [6.45, 7) is 3.09. The molecule has 29 heavy (non-hydrogen) atoms. The summed E-state index contributed by atoms with van der Waals surface area (Å²) in [7, 11) is -0.393. The van der Waals surface area contributed by atoms with E-state index in [0.29, 0.717) is 24.4 Å². The molecule has 0 bridgehead atoms. The summed E-state index contributed by atoms with van der Waals surface area (Å²) in [5.74, 6) is 0.181. The Morgan fingerprint density at radius 2 is 1.83 bits per heavy atom. The zero-order chi connectivity index (χ0) is 20.8. The molecule has 0 aromatic heterocycles. The third-order valence-corrected chi connectivity index (χ3v) is 8.36. The van der Waals surface area contributed by atoms with E-state index in [-0.39, 0.29) is 5.91 Å². The maximum absolute atomic E-state index is 13.6. The van der Waals surface area contributed by atoms with Crippen molar-refractivity contribution in [3.8, 4) is 0 Å². The van der Waals surface area contributed by atoms with Gasteiger partial charge in [-0.2, -0.15) is 0 Å². The van der Waals surface area contributed by atoms with E-state index in [1.54, 1.807) is 26.2 Å². The van der Waals surface area contributed by atoms with E-state index >= 15 is 0 Å². The molecule has 0 radical (unpaired) electrons. The average Bonchev–Trinajstić information content (AvgIpc) is 2.66. The van der Waals surface area contributed by atoms with Crippen molar-refractivity contribution in [1.29, 1.82) is 0 Å². The van der Waals surface area contributed by atoms with Crippen LogP contribution in [0.15, 0.2) is 47.4 Å². The van der Waals surface area contributed by atoms with E-state index in [1.807, 2.05) is 17.0 Å². The lowest BCUT2D eigenvalue weighted by Crippen LogP contribution is -2.52. The van der Waals surface area contributed by atoms with Gasteiger partial charge >= 0.3 is 0 Å². The molecule has 0 atom stereocenters. The molecule has 5 nitrogen and oxygen atoms in total. The van der Waals surface area contributed by atoms with Crippen LogP contribution < -0.4 is 0 Å². The normalized spacial score (nSPS) is 18.3. The number of aryl methyl sites for hydroxylation is 1. The van der Waals surface area contributed by atoms with Gasteiger partial charge in [-0.25, -0.2) is 12.7 Å². The van der Waals surface area contributed by atoms with Crippen molar-refractivity contribution in [3.05, 3.63) is 64.7 Å². The summed E-state index contributed by atoms with van der Waals surface area (Å²) < 4.78 is 26.6. The van der Waals surface area contributed by atoms with Crippen LogP contribution in [-0.2, 0) is 33.2 Å². The molecule has 0 spiro atoms. The summed E-state index contributed by atoms with van der Waals surface area (Å²) in [4.78, 5) is 15.9. The number of amides is 1. The quantitative estimate of drug-likeness (QED) is 0.775. The lowest BCUT2D eigenvalue weighted by molar-refractivity contribution is -0.142. The standard InChI is InChI=1S/C23H28N2O3S/c1-17-7-4-9-19(15-17)23(12-6-13-23)22(26)25-14-11-20-18(16-25)8-5-10-21(20)29(27,28)24(2)3/h4-5,7-10,15H,6,11-14,16H2,1-3H3. The molecule has 154 valence electrons. The highest BCUT2D eigenvalue weighted by molar-refractivity contribution is 7.89. The van der Waals surface area contributed by atoms with Crippen molar-refractivity contribution in [2.45, 2.75) is 49.5 Å². The highest BCUT2D eigenvalue weighted by atomic mass is 32.2. The van der Waals surface area contributed by atoms with Crippen LogP contribution in [0, 0.1) is 6.92 Å². The molecular weight excluding hydrogens is 384 g/mol. The molecule has 0 unspecified atom stereocenters. The van der Waals surface area contributed by atoms with Gasteiger partial charge in [-0.05, 0) is 48.9 Å². The summed E-state index contributed by atoms with van der Waals surface area (Å²) in [5, 5.41) is 0. The first-order valence-corrected chi connectivity index (χ1v) is 11.6. The number of carbonyl (C=O) groups is 1. The minimum absolute atomic E-state index is 0.181. The lowest BCUT2D eigenvalue weighted by atomic mass is 9.63. The SMILES string of the molecule is Cc1cccc(C2(C(=O)N3CCc4c(cccc4S(=O)(=O)N(C)C)C3)CCC2)c1. The van der Waals surface area contributed by atoms with Crippen molar-refractivity contribution in [2.75, 3.05) is 20.6 Å². The van der Waals surface area contributed by atoms with Gasteiger partial charge in [0, 0.05) is 27.2 Å².